The minimum atomic E-state index is -0.564. The van der Waals surface area contributed by atoms with Crippen LogP contribution in [0.2, 0.25) is 0 Å². The van der Waals surface area contributed by atoms with E-state index in [2.05, 4.69) is 32.3 Å². The van der Waals surface area contributed by atoms with Crippen molar-refractivity contribution >= 4 is 28.1 Å². The summed E-state index contributed by atoms with van der Waals surface area (Å²) in [6.45, 7) is 3.78. The van der Waals surface area contributed by atoms with Gasteiger partial charge in [-0.3, -0.25) is 18.8 Å². The van der Waals surface area contributed by atoms with Crippen molar-refractivity contribution < 1.29 is 9.31 Å². The first-order valence-electron chi connectivity index (χ1n) is 13.0. The van der Waals surface area contributed by atoms with Gasteiger partial charge in [-0.2, -0.15) is 5.10 Å². The monoisotopic (exact) mass is 543 g/mol. The van der Waals surface area contributed by atoms with Gasteiger partial charge in [0.1, 0.15) is 12.4 Å². The minimum Gasteiger partial charge on any atom is -0.382 e. The fourth-order valence-corrected chi connectivity index (χ4v) is 4.92. The molecule has 1 amide bonds. The fraction of sp³-hybridized carbons (Fsp3) is 0.129. The number of nitrogens with zero attached hydrogens (tertiary/aromatic N) is 5. The number of H-pyrrole nitrogens is 1. The molecule has 0 radical (unpaired) electrons. The van der Waals surface area contributed by atoms with Crippen LogP contribution in [0.15, 0.2) is 84.0 Å². The third kappa shape index (κ3) is 4.49. The number of nitrogen functional groups attached to an aromatic ring is 1. The second-order valence-corrected chi connectivity index (χ2v) is 9.74. The Hall–Kier alpha value is -5.69. The predicted octanol–water partition coefficient (Wildman–Crippen LogP) is 2.97. The maximum absolute atomic E-state index is 14.2. The highest BCUT2D eigenvalue weighted by Gasteiger charge is 2.27. The molecule has 0 fully saturated rings. The number of carbonyl (C=O) groups excluding carboxylic acids is 1. The van der Waals surface area contributed by atoms with Crippen LogP contribution in [0.3, 0.4) is 0 Å². The van der Waals surface area contributed by atoms with Crippen LogP contribution in [0, 0.1) is 18.8 Å². The quantitative estimate of drug-likeness (QED) is 0.233. The molecule has 1 atom stereocenters. The summed E-state index contributed by atoms with van der Waals surface area (Å²) in [4.78, 5) is 32.0. The van der Waals surface area contributed by atoms with E-state index in [-0.39, 0.29) is 16.9 Å². The van der Waals surface area contributed by atoms with Crippen LogP contribution in [0.1, 0.15) is 45.8 Å². The number of hydrogen-bond acceptors (Lipinski definition) is 5. The van der Waals surface area contributed by atoms with E-state index in [1.807, 2.05) is 75.5 Å². The largest absolute Gasteiger partial charge is 0.382 e. The molecule has 1 unspecified atom stereocenters. The summed E-state index contributed by atoms with van der Waals surface area (Å²) in [7, 11) is 1.86. The van der Waals surface area contributed by atoms with Crippen LogP contribution in [0.25, 0.3) is 22.1 Å². The van der Waals surface area contributed by atoms with E-state index in [9.17, 15) is 9.59 Å². The van der Waals surface area contributed by atoms with Crippen LogP contribution >= 0.6 is 0 Å². The number of pyridine rings is 1. The van der Waals surface area contributed by atoms with Gasteiger partial charge in [-0.15, -0.1) is 4.52 Å². The van der Waals surface area contributed by atoms with Crippen LogP contribution in [0.5, 0.6) is 0 Å². The van der Waals surface area contributed by atoms with E-state index in [1.54, 1.807) is 38.4 Å². The number of aromatic amines is 1. The number of fused-ring (bicyclic) bond motifs is 2. The van der Waals surface area contributed by atoms with Crippen LogP contribution in [0.4, 0.5) is 5.82 Å². The topological polar surface area (TPSA) is 128 Å². The SMILES string of the molecule is Cc1c(C#Cc2cccc3cc(C(C)NC(=O)c4c(N)[nH][n+]5cccnc45)n(-c4ccccc4)c(=O)c23)cnn1C. The Morgan fingerprint density at radius 3 is 2.63 bits per heavy atom. The maximum Gasteiger partial charge on any atom is 0.362 e. The summed E-state index contributed by atoms with van der Waals surface area (Å²) < 4.78 is 4.97. The average molecular weight is 544 g/mol. The van der Waals surface area contributed by atoms with Crippen molar-refractivity contribution in [3.05, 3.63) is 118 Å². The maximum atomic E-state index is 14.2. The Morgan fingerprint density at radius 1 is 1.10 bits per heavy atom. The molecule has 4 heterocycles. The normalized spacial score (nSPS) is 11.8. The summed E-state index contributed by atoms with van der Waals surface area (Å²) >= 11 is 0. The third-order valence-corrected chi connectivity index (χ3v) is 7.16. The van der Waals surface area contributed by atoms with Gasteiger partial charge in [0.15, 0.2) is 11.4 Å². The number of aromatic nitrogens is 6. The highest BCUT2D eigenvalue weighted by atomic mass is 16.2. The first-order chi connectivity index (χ1) is 19.8. The molecule has 0 saturated carbocycles. The average Bonchev–Trinajstić information content (AvgIpc) is 3.49. The number of anilines is 1. The number of nitrogens with two attached hydrogens (primary N) is 1. The van der Waals surface area contributed by atoms with E-state index < -0.39 is 11.9 Å². The molecule has 0 aliphatic heterocycles. The molecular formula is C31H27N8O2+. The summed E-state index contributed by atoms with van der Waals surface area (Å²) in [5, 5.41) is 11.4. The van der Waals surface area contributed by atoms with Crippen molar-refractivity contribution in [3.63, 3.8) is 0 Å². The minimum absolute atomic E-state index is 0.194. The number of hydrogen-bond donors (Lipinski definition) is 3. The molecule has 10 nitrogen and oxygen atoms in total. The molecule has 0 aliphatic rings. The highest BCUT2D eigenvalue weighted by Crippen LogP contribution is 2.24. The fourth-order valence-electron chi connectivity index (χ4n) is 4.92. The summed E-state index contributed by atoms with van der Waals surface area (Å²) in [5.41, 5.74) is 10.2. The Kier molecular flexibility index (Phi) is 6.32. The molecule has 6 aromatic rings. The Morgan fingerprint density at radius 2 is 1.88 bits per heavy atom. The Bertz CT molecular complexity index is 2080. The molecule has 202 valence electrons. The molecule has 0 bridgehead atoms. The lowest BCUT2D eigenvalue weighted by molar-refractivity contribution is -0.577. The molecule has 4 N–H and O–H groups in total. The van der Waals surface area contributed by atoms with Crippen molar-refractivity contribution in [2.24, 2.45) is 7.05 Å². The van der Waals surface area contributed by atoms with Crippen molar-refractivity contribution in [3.8, 4) is 17.5 Å². The van der Waals surface area contributed by atoms with Gasteiger partial charge >= 0.3 is 5.65 Å². The van der Waals surface area contributed by atoms with Gasteiger partial charge in [0.2, 0.25) is 0 Å². The number of aryl methyl sites for hydroxylation is 1. The van der Waals surface area contributed by atoms with E-state index in [0.29, 0.717) is 28.0 Å². The van der Waals surface area contributed by atoms with Crippen LogP contribution in [-0.4, -0.2) is 30.3 Å². The van der Waals surface area contributed by atoms with Gasteiger partial charge in [-0.25, -0.2) is 5.10 Å². The number of benzene rings is 2. The van der Waals surface area contributed by atoms with E-state index in [0.717, 1.165) is 16.6 Å². The zero-order chi connectivity index (χ0) is 28.7. The van der Waals surface area contributed by atoms with E-state index in [4.69, 9.17) is 5.73 Å². The van der Waals surface area contributed by atoms with Gasteiger partial charge in [0.25, 0.3) is 11.5 Å². The van der Waals surface area contributed by atoms with Crippen molar-refractivity contribution in [1.82, 2.24) is 29.7 Å². The zero-order valence-electron chi connectivity index (χ0n) is 22.7. The van der Waals surface area contributed by atoms with Crippen molar-refractivity contribution in [2.75, 3.05) is 5.73 Å². The summed E-state index contributed by atoms with van der Waals surface area (Å²) in [5.74, 6) is 6.14. The predicted molar refractivity (Wildman–Crippen MR) is 156 cm³/mol. The Labute approximate surface area is 235 Å². The highest BCUT2D eigenvalue weighted by molar-refractivity contribution is 6.03. The molecule has 10 heteroatoms. The lowest BCUT2D eigenvalue weighted by Gasteiger charge is -2.21. The Balaban J connectivity index is 1.48. The number of nitrogens with one attached hydrogen (secondary N) is 2. The number of para-hydroxylation sites is 1. The van der Waals surface area contributed by atoms with Crippen LogP contribution in [-0.2, 0) is 7.05 Å². The number of rotatable bonds is 4. The molecule has 4 aromatic heterocycles. The molecule has 6 rings (SSSR count). The first-order valence-corrected chi connectivity index (χ1v) is 13.0. The zero-order valence-corrected chi connectivity index (χ0v) is 22.7. The molecule has 2 aromatic carbocycles. The van der Waals surface area contributed by atoms with Gasteiger partial charge in [-0.05, 0) is 48.5 Å². The molecule has 0 saturated heterocycles. The van der Waals surface area contributed by atoms with Gasteiger partial charge in [-0.1, -0.05) is 42.2 Å². The summed E-state index contributed by atoms with van der Waals surface area (Å²) in [6, 6.07) is 18.0. The molecule has 41 heavy (non-hydrogen) atoms. The van der Waals surface area contributed by atoms with E-state index >= 15 is 0 Å². The first kappa shape index (κ1) is 25.6. The second kappa shape index (κ2) is 10.1. The summed E-state index contributed by atoms with van der Waals surface area (Å²) in [6.07, 6.45) is 5.04. The standard InChI is InChI=1S/C31H26N8O2/c1-19(35-30(40)27-28(32)36-38-16-8-15-33-29(27)38)25-17-22-10-7-9-21(13-14-23-18-34-37(3)20(23)2)26(22)31(41)39(25)24-11-5-4-6-12-24/h4-12,15-19H,1-3H3,(H3,32,35,36,40)/p+1. The lowest BCUT2D eigenvalue weighted by Crippen LogP contribution is -2.33. The van der Waals surface area contributed by atoms with Gasteiger partial charge < -0.3 is 11.1 Å². The molecular weight excluding hydrogens is 516 g/mol. The van der Waals surface area contributed by atoms with E-state index in [1.165, 1.54) is 0 Å². The third-order valence-electron chi connectivity index (χ3n) is 7.16. The van der Waals surface area contributed by atoms with Gasteiger partial charge in [0, 0.05) is 30.1 Å². The molecule has 0 spiro atoms. The molecule has 0 aliphatic carbocycles. The smallest absolute Gasteiger partial charge is 0.362 e. The lowest BCUT2D eigenvalue weighted by atomic mass is 10.0. The van der Waals surface area contributed by atoms with Gasteiger partial charge in [0.05, 0.1) is 28.9 Å². The number of carbonyl (C=O) groups is 1. The second-order valence-electron chi connectivity index (χ2n) is 9.74. The van der Waals surface area contributed by atoms with Crippen molar-refractivity contribution in [2.45, 2.75) is 19.9 Å². The van der Waals surface area contributed by atoms with Crippen molar-refractivity contribution in [1.29, 1.82) is 0 Å². The van der Waals surface area contributed by atoms with Crippen LogP contribution < -0.4 is 21.1 Å². The number of amides is 1.